The number of hydrogen-bond donors (Lipinski definition) is 2. The lowest BCUT2D eigenvalue weighted by molar-refractivity contribution is 0.0544. The van der Waals surface area contributed by atoms with E-state index in [0.29, 0.717) is 4.88 Å². The minimum Gasteiger partial charge on any atom is -0.381 e. The maximum atomic E-state index is 12.8. The van der Waals surface area contributed by atoms with E-state index in [0.717, 1.165) is 60.6 Å². The SMILES string of the molecule is CC[C@H](C)NC(=O)c1sc2ncnc(NCC3(c4ccccc4)CCOCC3)c2c1C. The number of nitrogens with zero attached hydrogens (tertiary/aromatic N) is 2. The first kappa shape index (κ1) is 21.7. The Morgan fingerprint density at radius 2 is 1.97 bits per heavy atom. The molecule has 31 heavy (non-hydrogen) atoms. The molecule has 1 aromatic carbocycles. The fraction of sp³-hybridized carbons (Fsp3) is 0.458. The van der Waals surface area contributed by atoms with Crippen LogP contribution in [0.3, 0.4) is 0 Å². The summed E-state index contributed by atoms with van der Waals surface area (Å²) in [4.78, 5) is 23.3. The van der Waals surface area contributed by atoms with Crippen LogP contribution < -0.4 is 10.6 Å². The Kier molecular flexibility index (Phi) is 6.53. The van der Waals surface area contributed by atoms with Gasteiger partial charge in [0.25, 0.3) is 5.91 Å². The van der Waals surface area contributed by atoms with Gasteiger partial charge in [-0.05, 0) is 44.2 Å². The number of thiophene rings is 1. The highest BCUT2D eigenvalue weighted by atomic mass is 32.1. The second-order valence-electron chi connectivity index (χ2n) is 8.35. The standard InChI is InChI=1S/C24H30N4O2S/c1-4-16(2)28-22(29)20-17(3)19-21(26-15-27-23(19)31-20)25-14-24(10-12-30-13-11-24)18-8-6-5-7-9-18/h5-9,15-16H,4,10-14H2,1-3H3,(H,28,29)(H,25,26,27)/t16-/m0/s1. The number of ether oxygens (including phenoxy) is 1. The summed E-state index contributed by atoms with van der Waals surface area (Å²) in [6.45, 7) is 8.34. The minimum absolute atomic E-state index is 0.00251. The van der Waals surface area contributed by atoms with Gasteiger partial charge in [-0.25, -0.2) is 9.97 Å². The van der Waals surface area contributed by atoms with Gasteiger partial charge in [0.1, 0.15) is 17.0 Å². The van der Waals surface area contributed by atoms with Crippen molar-refractivity contribution in [3.63, 3.8) is 0 Å². The van der Waals surface area contributed by atoms with Gasteiger partial charge in [-0.1, -0.05) is 37.3 Å². The number of carbonyl (C=O) groups is 1. The Labute approximate surface area is 187 Å². The largest absolute Gasteiger partial charge is 0.381 e. The average molecular weight is 439 g/mol. The number of carbonyl (C=O) groups excluding carboxylic acids is 1. The summed E-state index contributed by atoms with van der Waals surface area (Å²) in [7, 11) is 0. The number of fused-ring (bicyclic) bond motifs is 1. The second kappa shape index (κ2) is 9.32. The molecule has 4 rings (SSSR count). The number of amides is 1. The average Bonchev–Trinajstić information content (AvgIpc) is 3.16. The van der Waals surface area contributed by atoms with Crippen LogP contribution in [0.5, 0.6) is 0 Å². The first-order valence-corrected chi connectivity index (χ1v) is 11.8. The third kappa shape index (κ3) is 4.43. The van der Waals surface area contributed by atoms with E-state index in [-0.39, 0.29) is 17.4 Å². The van der Waals surface area contributed by atoms with Gasteiger partial charge in [0.05, 0.1) is 10.3 Å². The molecule has 0 radical (unpaired) electrons. The molecular formula is C24H30N4O2S. The van der Waals surface area contributed by atoms with Crippen LogP contribution in [0.15, 0.2) is 36.7 Å². The lowest BCUT2D eigenvalue weighted by Crippen LogP contribution is -2.40. The lowest BCUT2D eigenvalue weighted by atomic mass is 9.74. The third-order valence-corrected chi connectivity index (χ3v) is 7.55. The topological polar surface area (TPSA) is 76.1 Å². The van der Waals surface area contributed by atoms with Crippen molar-refractivity contribution in [2.45, 2.75) is 51.5 Å². The predicted molar refractivity (Wildman–Crippen MR) is 126 cm³/mol. The molecule has 1 aliphatic heterocycles. The lowest BCUT2D eigenvalue weighted by Gasteiger charge is -2.38. The van der Waals surface area contributed by atoms with Gasteiger partial charge in [-0.2, -0.15) is 0 Å². The number of anilines is 1. The van der Waals surface area contributed by atoms with Crippen molar-refractivity contribution in [1.29, 1.82) is 0 Å². The smallest absolute Gasteiger partial charge is 0.261 e. The van der Waals surface area contributed by atoms with Crippen LogP contribution in [0.25, 0.3) is 10.2 Å². The van der Waals surface area contributed by atoms with Crippen molar-refractivity contribution in [3.8, 4) is 0 Å². The number of aromatic nitrogens is 2. The van der Waals surface area contributed by atoms with E-state index in [1.165, 1.54) is 16.9 Å². The van der Waals surface area contributed by atoms with E-state index in [9.17, 15) is 4.79 Å². The molecule has 1 amide bonds. The van der Waals surface area contributed by atoms with Crippen molar-refractivity contribution in [2.24, 2.45) is 0 Å². The van der Waals surface area contributed by atoms with E-state index in [1.807, 2.05) is 13.8 Å². The Bertz CT molecular complexity index is 1040. The van der Waals surface area contributed by atoms with Crippen molar-refractivity contribution < 1.29 is 9.53 Å². The quantitative estimate of drug-likeness (QED) is 0.560. The highest BCUT2D eigenvalue weighted by Crippen LogP contribution is 2.37. The van der Waals surface area contributed by atoms with E-state index in [2.05, 4.69) is 57.9 Å². The Balaban J connectivity index is 1.63. The monoisotopic (exact) mass is 438 g/mol. The summed E-state index contributed by atoms with van der Waals surface area (Å²) >= 11 is 1.43. The first-order chi connectivity index (χ1) is 15.0. The summed E-state index contributed by atoms with van der Waals surface area (Å²) in [6, 6.07) is 10.8. The molecule has 7 heteroatoms. The van der Waals surface area contributed by atoms with Crippen molar-refractivity contribution >= 4 is 33.3 Å². The summed E-state index contributed by atoms with van der Waals surface area (Å²) < 4.78 is 5.66. The molecule has 3 aromatic rings. The van der Waals surface area contributed by atoms with Crippen LogP contribution in [-0.4, -0.2) is 41.7 Å². The summed E-state index contributed by atoms with van der Waals surface area (Å²) in [5, 5.41) is 7.62. The second-order valence-corrected chi connectivity index (χ2v) is 9.35. The van der Waals surface area contributed by atoms with E-state index in [1.54, 1.807) is 6.33 Å². The Hall–Kier alpha value is -2.51. The molecule has 1 fully saturated rings. The number of rotatable bonds is 7. The van der Waals surface area contributed by atoms with Gasteiger partial charge in [0.15, 0.2) is 0 Å². The molecule has 1 aliphatic rings. The van der Waals surface area contributed by atoms with Gasteiger partial charge in [-0.3, -0.25) is 4.79 Å². The zero-order chi connectivity index (χ0) is 21.8. The first-order valence-electron chi connectivity index (χ1n) is 11.0. The van der Waals surface area contributed by atoms with Gasteiger partial charge >= 0.3 is 0 Å². The van der Waals surface area contributed by atoms with Gasteiger partial charge in [-0.15, -0.1) is 11.3 Å². The molecule has 6 nitrogen and oxygen atoms in total. The Morgan fingerprint density at radius 1 is 1.23 bits per heavy atom. The summed E-state index contributed by atoms with van der Waals surface area (Å²) in [5.41, 5.74) is 2.26. The molecule has 0 spiro atoms. The van der Waals surface area contributed by atoms with Gasteiger partial charge in [0.2, 0.25) is 0 Å². The molecule has 0 aliphatic carbocycles. The minimum atomic E-state index is -0.0361. The molecule has 164 valence electrons. The predicted octanol–water partition coefficient (Wildman–Crippen LogP) is 4.69. The van der Waals surface area contributed by atoms with Crippen molar-refractivity contribution in [3.05, 3.63) is 52.7 Å². The molecule has 3 heterocycles. The molecule has 0 saturated carbocycles. The van der Waals surface area contributed by atoms with Crippen LogP contribution >= 0.6 is 11.3 Å². The maximum Gasteiger partial charge on any atom is 0.261 e. The molecule has 0 unspecified atom stereocenters. The van der Waals surface area contributed by atoms with Crippen molar-refractivity contribution in [1.82, 2.24) is 15.3 Å². The zero-order valence-electron chi connectivity index (χ0n) is 18.4. The third-order valence-electron chi connectivity index (χ3n) is 6.35. The molecule has 0 bridgehead atoms. The van der Waals surface area contributed by atoms with Crippen LogP contribution in [0, 0.1) is 6.92 Å². The Morgan fingerprint density at radius 3 is 2.68 bits per heavy atom. The summed E-state index contributed by atoms with van der Waals surface area (Å²) in [5.74, 6) is 0.758. The van der Waals surface area contributed by atoms with Crippen LogP contribution in [0.4, 0.5) is 5.82 Å². The van der Waals surface area contributed by atoms with Crippen LogP contribution in [0.2, 0.25) is 0 Å². The van der Waals surface area contributed by atoms with Crippen molar-refractivity contribution in [2.75, 3.05) is 25.1 Å². The number of hydrogen-bond acceptors (Lipinski definition) is 6. The number of aryl methyl sites for hydroxylation is 1. The maximum absolute atomic E-state index is 12.8. The molecule has 2 N–H and O–H groups in total. The van der Waals surface area contributed by atoms with E-state index >= 15 is 0 Å². The number of benzene rings is 1. The fourth-order valence-electron chi connectivity index (χ4n) is 4.19. The summed E-state index contributed by atoms with van der Waals surface area (Å²) in [6.07, 6.45) is 4.40. The molecule has 1 atom stereocenters. The van der Waals surface area contributed by atoms with Gasteiger partial charge < -0.3 is 15.4 Å². The fourth-order valence-corrected chi connectivity index (χ4v) is 5.24. The number of nitrogens with one attached hydrogen (secondary N) is 2. The highest BCUT2D eigenvalue weighted by molar-refractivity contribution is 7.20. The molecule has 1 saturated heterocycles. The molecule has 2 aromatic heterocycles. The van der Waals surface area contributed by atoms with Crippen LogP contribution in [-0.2, 0) is 10.2 Å². The zero-order valence-corrected chi connectivity index (χ0v) is 19.2. The highest BCUT2D eigenvalue weighted by Gasteiger charge is 2.34. The molecular weight excluding hydrogens is 408 g/mol. The van der Waals surface area contributed by atoms with E-state index < -0.39 is 0 Å². The van der Waals surface area contributed by atoms with E-state index in [4.69, 9.17) is 4.74 Å². The normalized spacial score (nSPS) is 16.7. The van der Waals surface area contributed by atoms with Gasteiger partial charge in [0, 0.05) is 31.2 Å². The van der Waals surface area contributed by atoms with Crippen LogP contribution in [0.1, 0.15) is 53.9 Å².